The van der Waals surface area contributed by atoms with Crippen LogP contribution in [-0.4, -0.2) is 39.6 Å². The van der Waals surface area contributed by atoms with E-state index >= 15 is 0 Å². The molecule has 1 unspecified atom stereocenters. The van der Waals surface area contributed by atoms with Crippen LogP contribution in [0.4, 0.5) is 10.5 Å². The summed E-state index contributed by atoms with van der Waals surface area (Å²) in [5, 5.41) is 11.6. The number of aliphatic carboxylic acids is 1. The van der Waals surface area contributed by atoms with Crippen molar-refractivity contribution in [2.75, 3.05) is 11.9 Å². The second kappa shape index (κ2) is 5.69. The molecule has 0 bridgehead atoms. The molecule has 6 nitrogen and oxygen atoms in total. The molecule has 19 heavy (non-hydrogen) atoms. The monoisotopic (exact) mass is 263 g/mol. The highest BCUT2D eigenvalue weighted by atomic mass is 16.4. The van der Waals surface area contributed by atoms with Gasteiger partial charge in [-0.1, -0.05) is 0 Å². The van der Waals surface area contributed by atoms with Gasteiger partial charge in [0.1, 0.15) is 0 Å². The second-order valence-electron chi connectivity index (χ2n) is 4.71. The fourth-order valence-corrected chi connectivity index (χ4v) is 2.25. The Morgan fingerprint density at radius 2 is 2.32 bits per heavy atom. The number of hydrogen-bond donors (Lipinski definition) is 2. The molecule has 2 N–H and O–H groups in total. The lowest BCUT2D eigenvalue weighted by atomic mass is 10.1. The lowest BCUT2D eigenvalue weighted by molar-refractivity contribution is -0.137. The van der Waals surface area contributed by atoms with Gasteiger partial charge in [-0.05, 0) is 31.9 Å². The number of carboxylic acid groups (broad SMARTS) is 1. The lowest BCUT2D eigenvalue weighted by Gasteiger charge is -2.23. The molecule has 2 rings (SSSR count). The van der Waals surface area contributed by atoms with E-state index in [1.54, 1.807) is 17.2 Å². The van der Waals surface area contributed by atoms with E-state index < -0.39 is 5.97 Å². The van der Waals surface area contributed by atoms with Gasteiger partial charge < -0.3 is 15.3 Å². The van der Waals surface area contributed by atoms with E-state index in [0.29, 0.717) is 12.2 Å². The van der Waals surface area contributed by atoms with Crippen LogP contribution in [0.5, 0.6) is 0 Å². The first-order valence-corrected chi connectivity index (χ1v) is 6.28. The molecule has 1 aliphatic heterocycles. The third kappa shape index (κ3) is 3.43. The molecule has 6 heteroatoms. The van der Waals surface area contributed by atoms with Gasteiger partial charge in [0.25, 0.3) is 0 Å². The van der Waals surface area contributed by atoms with Gasteiger partial charge in [0.05, 0.1) is 18.3 Å². The predicted octanol–water partition coefficient (Wildman–Crippen LogP) is 1.86. The van der Waals surface area contributed by atoms with Crippen LogP contribution in [0.15, 0.2) is 18.3 Å². The maximum absolute atomic E-state index is 12.1. The number of carbonyl (C=O) groups is 2. The first-order valence-electron chi connectivity index (χ1n) is 6.28. The normalized spacial score (nSPS) is 18.4. The molecule has 0 saturated carbocycles. The number of aryl methyl sites for hydroxylation is 1. The van der Waals surface area contributed by atoms with E-state index in [9.17, 15) is 9.59 Å². The van der Waals surface area contributed by atoms with Crippen molar-refractivity contribution in [1.29, 1.82) is 0 Å². The van der Waals surface area contributed by atoms with Crippen LogP contribution in [0.1, 0.15) is 25.0 Å². The number of carbonyl (C=O) groups excluding carboxylic acids is 1. The van der Waals surface area contributed by atoms with Crippen LogP contribution >= 0.6 is 0 Å². The van der Waals surface area contributed by atoms with Gasteiger partial charge in [0.2, 0.25) is 0 Å². The first-order chi connectivity index (χ1) is 9.06. The van der Waals surface area contributed by atoms with Crippen LogP contribution in [0.3, 0.4) is 0 Å². The molecular formula is C13H17N3O3. The summed E-state index contributed by atoms with van der Waals surface area (Å²) in [4.78, 5) is 28.5. The number of likely N-dealkylation sites (tertiary alicyclic amines) is 1. The SMILES string of the molecule is Cc1ccc(NC(=O)N2CCCC2CC(=O)O)cn1. The van der Waals surface area contributed by atoms with Crippen LogP contribution in [0.25, 0.3) is 0 Å². The summed E-state index contributed by atoms with van der Waals surface area (Å²) in [7, 11) is 0. The molecule has 1 aromatic heterocycles. The summed E-state index contributed by atoms with van der Waals surface area (Å²) in [5.41, 5.74) is 1.50. The fraction of sp³-hybridized carbons (Fsp3) is 0.462. The van der Waals surface area contributed by atoms with Crippen LogP contribution in [-0.2, 0) is 4.79 Å². The third-order valence-corrected chi connectivity index (χ3v) is 3.21. The standard InChI is InChI=1S/C13H17N3O3/c1-9-4-5-10(8-14-9)15-13(19)16-6-2-3-11(16)7-12(17)18/h4-5,8,11H,2-3,6-7H2,1H3,(H,15,19)(H,17,18). The Kier molecular flexibility index (Phi) is 3.99. The maximum Gasteiger partial charge on any atom is 0.322 e. The van der Waals surface area contributed by atoms with E-state index in [1.807, 2.05) is 13.0 Å². The zero-order valence-corrected chi connectivity index (χ0v) is 10.8. The molecule has 0 aromatic carbocycles. The van der Waals surface area contributed by atoms with Crippen LogP contribution in [0, 0.1) is 6.92 Å². The average molecular weight is 263 g/mol. The molecule has 0 spiro atoms. The van der Waals surface area contributed by atoms with Crippen molar-refractivity contribution in [3.05, 3.63) is 24.0 Å². The summed E-state index contributed by atoms with van der Waals surface area (Å²) < 4.78 is 0. The number of rotatable bonds is 3. The minimum atomic E-state index is -0.873. The van der Waals surface area contributed by atoms with E-state index in [0.717, 1.165) is 18.5 Å². The highest BCUT2D eigenvalue weighted by molar-refractivity contribution is 5.89. The second-order valence-corrected chi connectivity index (χ2v) is 4.71. The molecule has 1 aliphatic rings. The molecule has 0 aliphatic carbocycles. The van der Waals surface area contributed by atoms with E-state index in [2.05, 4.69) is 10.3 Å². The molecule has 0 radical (unpaired) electrons. The van der Waals surface area contributed by atoms with Gasteiger partial charge >= 0.3 is 12.0 Å². The summed E-state index contributed by atoms with van der Waals surface area (Å²) >= 11 is 0. The molecule has 102 valence electrons. The number of nitrogens with one attached hydrogen (secondary N) is 1. The Morgan fingerprint density at radius 3 is 2.95 bits per heavy atom. The molecule has 2 amide bonds. The number of amides is 2. The zero-order chi connectivity index (χ0) is 13.8. The predicted molar refractivity (Wildman–Crippen MR) is 70.0 cm³/mol. The van der Waals surface area contributed by atoms with Gasteiger partial charge in [0, 0.05) is 18.3 Å². The van der Waals surface area contributed by atoms with Crippen molar-refractivity contribution in [3.8, 4) is 0 Å². The molecule has 1 atom stereocenters. The Balaban J connectivity index is 1.98. The summed E-state index contributed by atoms with van der Waals surface area (Å²) in [6.07, 6.45) is 3.18. The van der Waals surface area contributed by atoms with Crippen molar-refractivity contribution in [3.63, 3.8) is 0 Å². The van der Waals surface area contributed by atoms with Crippen molar-refractivity contribution in [2.24, 2.45) is 0 Å². The number of nitrogens with zero attached hydrogens (tertiary/aromatic N) is 2. The first kappa shape index (κ1) is 13.3. The summed E-state index contributed by atoms with van der Waals surface area (Å²) in [6, 6.07) is 3.13. The Labute approximate surface area is 111 Å². The quantitative estimate of drug-likeness (QED) is 0.872. The van der Waals surface area contributed by atoms with E-state index in [-0.39, 0.29) is 18.5 Å². The number of hydrogen-bond acceptors (Lipinski definition) is 3. The largest absolute Gasteiger partial charge is 0.481 e. The number of carboxylic acids is 1. The van der Waals surface area contributed by atoms with E-state index in [1.165, 1.54) is 0 Å². The zero-order valence-electron chi connectivity index (χ0n) is 10.8. The summed E-state index contributed by atoms with van der Waals surface area (Å²) in [5.74, 6) is -0.873. The van der Waals surface area contributed by atoms with Gasteiger partial charge in [-0.25, -0.2) is 4.79 Å². The van der Waals surface area contributed by atoms with Crippen molar-refractivity contribution in [2.45, 2.75) is 32.2 Å². The van der Waals surface area contributed by atoms with Gasteiger partial charge in [-0.3, -0.25) is 9.78 Å². The highest BCUT2D eigenvalue weighted by Crippen LogP contribution is 2.21. The van der Waals surface area contributed by atoms with Crippen molar-refractivity contribution >= 4 is 17.7 Å². The minimum Gasteiger partial charge on any atom is -0.481 e. The van der Waals surface area contributed by atoms with Crippen LogP contribution in [0.2, 0.25) is 0 Å². The third-order valence-electron chi connectivity index (χ3n) is 3.21. The number of aromatic nitrogens is 1. The minimum absolute atomic E-state index is 0.000429. The molecular weight excluding hydrogens is 246 g/mol. The topological polar surface area (TPSA) is 82.5 Å². The molecule has 1 saturated heterocycles. The average Bonchev–Trinajstić information content (AvgIpc) is 2.79. The lowest BCUT2D eigenvalue weighted by Crippen LogP contribution is -2.39. The Morgan fingerprint density at radius 1 is 1.53 bits per heavy atom. The van der Waals surface area contributed by atoms with Gasteiger partial charge in [-0.15, -0.1) is 0 Å². The Hall–Kier alpha value is -2.11. The summed E-state index contributed by atoms with van der Waals surface area (Å²) in [6.45, 7) is 2.47. The number of urea groups is 1. The maximum atomic E-state index is 12.1. The van der Waals surface area contributed by atoms with Crippen molar-refractivity contribution < 1.29 is 14.7 Å². The smallest absolute Gasteiger partial charge is 0.322 e. The van der Waals surface area contributed by atoms with E-state index in [4.69, 9.17) is 5.11 Å². The van der Waals surface area contributed by atoms with Gasteiger partial charge in [-0.2, -0.15) is 0 Å². The molecule has 2 heterocycles. The Bertz CT molecular complexity index is 473. The van der Waals surface area contributed by atoms with Crippen LogP contribution < -0.4 is 5.32 Å². The molecule has 1 fully saturated rings. The van der Waals surface area contributed by atoms with Gasteiger partial charge in [0.15, 0.2) is 0 Å². The number of anilines is 1. The van der Waals surface area contributed by atoms with Crippen molar-refractivity contribution in [1.82, 2.24) is 9.88 Å². The molecule has 1 aromatic rings. The number of pyridine rings is 1. The highest BCUT2D eigenvalue weighted by Gasteiger charge is 2.30. The fourth-order valence-electron chi connectivity index (χ4n) is 2.25.